The van der Waals surface area contributed by atoms with Crippen LogP contribution in [0.15, 0.2) is 4.99 Å². The molecule has 0 fully saturated rings. The Morgan fingerprint density at radius 2 is 0.926 bits per heavy atom. The SMILES string of the molecule is FC(F)(F)C(F)(F)C(F)(F)C(F)(F)C(F)(F)C(F)(F)C(F)(F)C1=NCCO1. The van der Waals surface area contributed by atoms with Gasteiger partial charge < -0.3 is 4.74 Å². The van der Waals surface area contributed by atoms with Gasteiger partial charge >= 0.3 is 41.7 Å². The molecule has 0 N–H and O–H groups in total. The normalized spacial score (nSPS) is 18.4. The van der Waals surface area contributed by atoms with Crippen LogP contribution < -0.4 is 0 Å². The molecular weight excluding hydrogens is 435 g/mol. The predicted molar refractivity (Wildman–Crippen MR) is 54.0 cm³/mol. The standard InChI is InChI=1S/C10H4F15NO/c11-4(12,3-26-1-2-27-3)5(13,14)6(15,16)7(17,18)8(19,20)9(21,22)10(23,24)25/h1-2H2. The lowest BCUT2D eigenvalue weighted by Crippen LogP contribution is -2.73. The van der Waals surface area contributed by atoms with Crippen molar-refractivity contribution in [1.82, 2.24) is 0 Å². The van der Waals surface area contributed by atoms with E-state index >= 15 is 0 Å². The smallest absolute Gasteiger partial charge is 0.460 e. The molecule has 0 aromatic carbocycles. The summed E-state index contributed by atoms with van der Waals surface area (Å²) in [5, 5.41) is 0. The summed E-state index contributed by atoms with van der Waals surface area (Å²) in [5.41, 5.74) is 0. The van der Waals surface area contributed by atoms with Crippen LogP contribution in [0.2, 0.25) is 0 Å². The van der Waals surface area contributed by atoms with Crippen LogP contribution in [0.1, 0.15) is 0 Å². The number of aliphatic imine (C=N–C) groups is 1. The van der Waals surface area contributed by atoms with Crippen molar-refractivity contribution >= 4 is 5.90 Å². The molecule has 27 heavy (non-hydrogen) atoms. The van der Waals surface area contributed by atoms with Gasteiger partial charge in [-0.1, -0.05) is 0 Å². The van der Waals surface area contributed by atoms with Crippen molar-refractivity contribution in [3.63, 3.8) is 0 Å². The van der Waals surface area contributed by atoms with Crippen LogP contribution in [0.3, 0.4) is 0 Å². The molecule has 0 aliphatic carbocycles. The third kappa shape index (κ3) is 2.87. The van der Waals surface area contributed by atoms with Gasteiger partial charge in [0.2, 0.25) is 0 Å². The minimum absolute atomic E-state index is 0.870. The summed E-state index contributed by atoms with van der Waals surface area (Å²) in [6.45, 7) is -1.81. The Balaban J connectivity index is 3.54. The highest BCUT2D eigenvalue weighted by molar-refractivity contribution is 5.86. The number of alkyl halides is 15. The van der Waals surface area contributed by atoms with Gasteiger partial charge in [0.05, 0.1) is 6.54 Å². The molecular formula is C10H4F15NO. The van der Waals surface area contributed by atoms with E-state index in [9.17, 15) is 65.9 Å². The van der Waals surface area contributed by atoms with Gasteiger partial charge in [-0.25, -0.2) is 4.99 Å². The van der Waals surface area contributed by atoms with Crippen molar-refractivity contribution in [1.29, 1.82) is 0 Å². The fraction of sp³-hybridized carbons (Fsp3) is 0.900. The topological polar surface area (TPSA) is 21.6 Å². The molecule has 0 saturated heterocycles. The van der Waals surface area contributed by atoms with E-state index in [0.29, 0.717) is 0 Å². The Morgan fingerprint density at radius 1 is 0.556 bits per heavy atom. The van der Waals surface area contributed by atoms with Crippen LogP contribution in [0.4, 0.5) is 65.9 Å². The van der Waals surface area contributed by atoms with E-state index < -0.39 is 60.8 Å². The summed E-state index contributed by atoms with van der Waals surface area (Å²) in [5.74, 6) is -49.4. The number of hydrogen-bond acceptors (Lipinski definition) is 2. The van der Waals surface area contributed by atoms with Crippen LogP contribution in [-0.2, 0) is 4.74 Å². The second kappa shape index (κ2) is 5.96. The monoisotopic (exact) mass is 439 g/mol. The first-order valence-electron chi connectivity index (χ1n) is 6.12. The van der Waals surface area contributed by atoms with E-state index in [1.807, 2.05) is 0 Å². The summed E-state index contributed by atoms with van der Waals surface area (Å²) in [4.78, 5) is 2.39. The molecule has 1 aliphatic heterocycles. The predicted octanol–water partition coefficient (Wildman–Crippen LogP) is 4.79. The first kappa shape index (κ1) is 23.5. The van der Waals surface area contributed by atoms with E-state index in [1.165, 1.54) is 0 Å². The zero-order valence-electron chi connectivity index (χ0n) is 11.9. The molecule has 0 amide bonds. The van der Waals surface area contributed by atoms with Crippen molar-refractivity contribution in [2.45, 2.75) is 41.7 Å². The van der Waals surface area contributed by atoms with Crippen LogP contribution in [-0.4, -0.2) is 60.8 Å². The lowest BCUT2D eigenvalue weighted by molar-refractivity contribution is -0.449. The third-order valence-electron chi connectivity index (χ3n) is 3.18. The summed E-state index contributed by atoms with van der Waals surface area (Å²) < 4.78 is 196. The first-order chi connectivity index (χ1) is 11.6. The Hall–Kier alpha value is -1.58. The lowest BCUT2D eigenvalue weighted by Gasteiger charge is -2.41. The molecule has 0 atom stereocenters. The fourth-order valence-corrected chi connectivity index (χ4v) is 1.63. The van der Waals surface area contributed by atoms with Gasteiger partial charge in [-0.2, -0.15) is 65.9 Å². The van der Waals surface area contributed by atoms with Crippen LogP contribution >= 0.6 is 0 Å². The zero-order valence-corrected chi connectivity index (χ0v) is 11.9. The summed E-state index contributed by atoms with van der Waals surface area (Å²) >= 11 is 0. The zero-order chi connectivity index (χ0) is 21.9. The number of rotatable bonds is 6. The maximum atomic E-state index is 13.4. The van der Waals surface area contributed by atoms with Crippen molar-refractivity contribution in [2.75, 3.05) is 13.2 Å². The average Bonchev–Trinajstić information content (AvgIpc) is 2.99. The van der Waals surface area contributed by atoms with Gasteiger partial charge in [0.1, 0.15) is 6.61 Å². The van der Waals surface area contributed by atoms with Gasteiger partial charge in [0.15, 0.2) is 0 Å². The van der Waals surface area contributed by atoms with Crippen LogP contribution in [0, 0.1) is 0 Å². The second-order valence-corrected chi connectivity index (χ2v) is 4.98. The quantitative estimate of drug-likeness (QED) is 0.546. The highest BCUT2D eigenvalue weighted by Crippen LogP contribution is 2.62. The number of halogens is 15. The van der Waals surface area contributed by atoms with Gasteiger partial charge in [-0.15, -0.1) is 0 Å². The van der Waals surface area contributed by atoms with Crippen molar-refractivity contribution in [3.8, 4) is 0 Å². The second-order valence-electron chi connectivity index (χ2n) is 4.98. The summed E-state index contributed by atoms with van der Waals surface area (Å²) in [6, 6.07) is 0. The molecule has 2 nitrogen and oxygen atoms in total. The first-order valence-corrected chi connectivity index (χ1v) is 6.12. The van der Waals surface area contributed by atoms with Crippen molar-refractivity contribution < 1.29 is 70.6 Å². The molecule has 0 saturated carbocycles. The fourth-order valence-electron chi connectivity index (χ4n) is 1.63. The van der Waals surface area contributed by atoms with Gasteiger partial charge in [-0.3, -0.25) is 0 Å². The largest absolute Gasteiger partial charge is 0.475 e. The molecule has 1 heterocycles. The van der Waals surface area contributed by atoms with Crippen molar-refractivity contribution in [2.24, 2.45) is 4.99 Å². The van der Waals surface area contributed by atoms with Gasteiger partial charge in [0, 0.05) is 0 Å². The lowest BCUT2D eigenvalue weighted by atomic mass is 9.91. The van der Waals surface area contributed by atoms with E-state index in [2.05, 4.69) is 9.73 Å². The van der Waals surface area contributed by atoms with Gasteiger partial charge in [-0.05, 0) is 0 Å². The minimum atomic E-state index is -8.30. The van der Waals surface area contributed by atoms with Crippen LogP contribution in [0.5, 0.6) is 0 Å². The molecule has 0 radical (unpaired) electrons. The maximum absolute atomic E-state index is 13.4. The van der Waals surface area contributed by atoms with E-state index in [4.69, 9.17) is 0 Å². The molecule has 1 aliphatic rings. The molecule has 0 unspecified atom stereocenters. The molecule has 0 spiro atoms. The molecule has 0 aromatic rings. The summed E-state index contributed by atoms with van der Waals surface area (Å²) in [7, 11) is 0. The number of ether oxygens (including phenoxy) is 1. The molecule has 0 aromatic heterocycles. The van der Waals surface area contributed by atoms with Gasteiger partial charge in [0.25, 0.3) is 5.90 Å². The van der Waals surface area contributed by atoms with E-state index in [-0.39, 0.29) is 0 Å². The average molecular weight is 439 g/mol. The Morgan fingerprint density at radius 3 is 1.26 bits per heavy atom. The number of hydrogen-bond donors (Lipinski definition) is 0. The highest BCUT2D eigenvalue weighted by atomic mass is 19.4. The van der Waals surface area contributed by atoms with E-state index in [1.54, 1.807) is 0 Å². The molecule has 1 rings (SSSR count). The Bertz CT molecular complexity index is 604. The molecule has 160 valence electrons. The minimum Gasteiger partial charge on any atom is -0.475 e. The Labute approximate surface area is 138 Å². The molecule has 0 bridgehead atoms. The molecule has 17 heteroatoms. The maximum Gasteiger partial charge on any atom is 0.460 e. The van der Waals surface area contributed by atoms with Crippen molar-refractivity contribution in [3.05, 3.63) is 0 Å². The number of nitrogens with zero attached hydrogens (tertiary/aromatic N) is 1. The van der Waals surface area contributed by atoms with E-state index in [0.717, 1.165) is 0 Å². The highest BCUT2D eigenvalue weighted by Gasteiger charge is 2.94. The summed E-state index contributed by atoms with van der Waals surface area (Å²) in [6.07, 6.45) is -7.62. The van der Waals surface area contributed by atoms with Crippen LogP contribution in [0.25, 0.3) is 0 Å². The third-order valence-corrected chi connectivity index (χ3v) is 3.18. The Kier molecular flexibility index (Phi) is 5.18.